The minimum Gasteiger partial charge on any atom is -0.399 e. The van der Waals surface area contributed by atoms with Gasteiger partial charge in [0.15, 0.2) is 0 Å². The SMILES string of the molecule is Cc1c(NCCc2ccc(Br)s2)cc(N)cc1S(N)(=O)=O. The lowest BCUT2D eigenvalue weighted by Gasteiger charge is -2.13. The lowest BCUT2D eigenvalue weighted by Crippen LogP contribution is -2.16. The second-order valence-corrected chi connectivity index (χ2v) is 8.70. The van der Waals surface area contributed by atoms with Gasteiger partial charge in [-0.05, 0) is 59.1 Å². The maximum atomic E-state index is 11.5. The van der Waals surface area contributed by atoms with E-state index in [1.54, 1.807) is 24.3 Å². The summed E-state index contributed by atoms with van der Waals surface area (Å²) in [7, 11) is -3.78. The maximum Gasteiger partial charge on any atom is 0.238 e. The molecule has 0 spiro atoms. The molecule has 0 amide bonds. The molecule has 5 N–H and O–H groups in total. The molecule has 0 aliphatic carbocycles. The fourth-order valence-corrected chi connectivity index (χ4v) is 4.31. The Balaban J connectivity index is 2.15. The number of rotatable bonds is 5. The fourth-order valence-electron chi connectivity index (χ4n) is 1.99. The van der Waals surface area contributed by atoms with Gasteiger partial charge in [-0.2, -0.15) is 0 Å². The van der Waals surface area contributed by atoms with Gasteiger partial charge < -0.3 is 11.1 Å². The van der Waals surface area contributed by atoms with E-state index < -0.39 is 10.0 Å². The number of nitrogen functional groups attached to an aromatic ring is 1. The Bertz CT molecular complexity index is 757. The first kappa shape index (κ1) is 16.3. The first-order valence-corrected chi connectivity index (χ1v) is 9.34. The van der Waals surface area contributed by atoms with Crippen LogP contribution in [-0.2, 0) is 16.4 Å². The van der Waals surface area contributed by atoms with Gasteiger partial charge in [0.2, 0.25) is 10.0 Å². The molecule has 0 atom stereocenters. The third kappa shape index (κ3) is 4.19. The van der Waals surface area contributed by atoms with Crippen LogP contribution in [0.1, 0.15) is 10.4 Å². The summed E-state index contributed by atoms with van der Waals surface area (Å²) in [6, 6.07) is 7.16. The van der Waals surface area contributed by atoms with Crippen LogP contribution in [-0.4, -0.2) is 15.0 Å². The van der Waals surface area contributed by atoms with E-state index in [1.165, 1.54) is 10.9 Å². The lowest BCUT2D eigenvalue weighted by molar-refractivity contribution is 0.597. The number of hydrogen-bond acceptors (Lipinski definition) is 5. The molecule has 8 heteroatoms. The van der Waals surface area contributed by atoms with Crippen molar-refractivity contribution in [1.82, 2.24) is 0 Å². The zero-order valence-electron chi connectivity index (χ0n) is 11.4. The number of anilines is 2. The van der Waals surface area contributed by atoms with Crippen LogP contribution < -0.4 is 16.2 Å². The molecular weight excluding hydrogens is 374 g/mol. The third-order valence-electron chi connectivity index (χ3n) is 3.00. The van der Waals surface area contributed by atoms with Gasteiger partial charge in [-0.15, -0.1) is 11.3 Å². The van der Waals surface area contributed by atoms with Gasteiger partial charge >= 0.3 is 0 Å². The van der Waals surface area contributed by atoms with E-state index in [0.29, 0.717) is 23.5 Å². The lowest BCUT2D eigenvalue weighted by atomic mass is 10.1. The number of nitrogens with one attached hydrogen (secondary N) is 1. The van der Waals surface area contributed by atoms with E-state index in [9.17, 15) is 8.42 Å². The molecule has 5 nitrogen and oxygen atoms in total. The summed E-state index contributed by atoms with van der Waals surface area (Å²) >= 11 is 5.10. The maximum absolute atomic E-state index is 11.5. The van der Waals surface area contributed by atoms with Crippen LogP contribution in [0.2, 0.25) is 0 Å². The average molecular weight is 390 g/mol. The Kier molecular flexibility index (Phi) is 4.92. The minimum absolute atomic E-state index is 0.0591. The molecule has 1 heterocycles. The molecule has 1 aromatic carbocycles. The predicted octanol–water partition coefficient (Wildman–Crippen LogP) is 2.70. The molecule has 2 aromatic rings. The third-order valence-corrected chi connectivity index (χ3v) is 5.73. The number of hydrogen-bond donors (Lipinski definition) is 3. The number of thiophene rings is 1. The van der Waals surface area contributed by atoms with Crippen molar-refractivity contribution in [2.24, 2.45) is 5.14 Å². The Morgan fingerprint density at radius 2 is 2.05 bits per heavy atom. The van der Waals surface area contributed by atoms with E-state index in [-0.39, 0.29) is 4.90 Å². The molecule has 0 saturated carbocycles. The van der Waals surface area contributed by atoms with Crippen molar-refractivity contribution >= 4 is 48.7 Å². The quantitative estimate of drug-likeness (QED) is 0.684. The van der Waals surface area contributed by atoms with Crippen LogP contribution in [0.3, 0.4) is 0 Å². The van der Waals surface area contributed by atoms with Crippen LogP contribution in [0, 0.1) is 6.92 Å². The molecule has 21 heavy (non-hydrogen) atoms. The van der Waals surface area contributed by atoms with Crippen molar-refractivity contribution in [1.29, 1.82) is 0 Å². The first-order valence-electron chi connectivity index (χ1n) is 6.18. The second-order valence-electron chi connectivity index (χ2n) is 4.62. The van der Waals surface area contributed by atoms with Crippen molar-refractivity contribution in [3.63, 3.8) is 0 Å². The molecule has 0 aliphatic heterocycles. The molecule has 0 aliphatic rings. The molecule has 0 unspecified atom stereocenters. The monoisotopic (exact) mass is 389 g/mol. The summed E-state index contributed by atoms with van der Waals surface area (Å²) in [6.45, 7) is 2.39. The molecule has 0 saturated heterocycles. The van der Waals surface area contributed by atoms with Crippen LogP contribution in [0.15, 0.2) is 32.9 Å². The summed E-state index contributed by atoms with van der Waals surface area (Å²) in [4.78, 5) is 1.30. The second kappa shape index (κ2) is 6.35. The zero-order chi connectivity index (χ0) is 15.6. The fraction of sp³-hybridized carbons (Fsp3) is 0.231. The molecule has 2 rings (SSSR count). The number of sulfonamides is 1. The number of nitrogens with two attached hydrogens (primary N) is 2. The van der Waals surface area contributed by atoms with Gasteiger partial charge in [0.1, 0.15) is 0 Å². The smallest absolute Gasteiger partial charge is 0.238 e. The summed E-state index contributed by atoms with van der Waals surface area (Å²) in [5.74, 6) is 0. The normalized spacial score (nSPS) is 11.6. The molecule has 114 valence electrons. The summed E-state index contributed by atoms with van der Waals surface area (Å²) in [6.07, 6.45) is 0.842. The summed E-state index contributed by atoms with van der Waals surface area (Å²) in [5, 5.41) is 8.42. The van der Waals surface area contributed by atoms with Gasteiger partial charge in [0.25, 0.3) is 0 Å². The number of primary sulfonamides is 1. The average Bonchev–Trinajstić information content (AvgIpc) is 2.77. The Morgan fingerprint density at radius 3 is 2.62 bits per heavy atom. The Morgan fingerprint density at radius 1 is 1.33 bits per heavy atom. The van der Waals surface area contributed by atoms with Crippen LogP contribution in [0.25, 0.3) is 0 Å². The largest absolute Gasteiger partial charge is 0.399 e. The van der Waals surface area contributed by atoms with Crippen molar-refractivity contribution < 1.29 is 8.42 Å². The highest BCUT2D eigenvalue weighted by molar-refractivity contribution is 9.11. The van der Waals surface area contributed by atoms with Crippen molar-refractivity contribution in [3.05, 3.63) is 38.5 Å². The van der Waals surface area contributed by atoms with Crippen LogP contribution in [0.5, 0.6) is 0 Å². The van der Waals surface area contributed by atoms with Crippen LogP contribution in [0.4, 0.5) is 11.4 Å². The minimum atomic E-state index is -3.78. The van der Waals surface area contributed by atoms with Crippen molar-refractivity contribution in [2.45, 2.75) is 18.2 Å². The highest BCUT2D eigenvalue weighted by atomic mass is 79.9. The number of halogens is 1. The molecular formula is C13H16BrN3O2S2. The van der Waals surface area contributed by atoms with Gasteiger partial charge in [-0.1, -0.05) is 0 Å². The standard InChI is InChI=1S/C13H16BrN3O2S2/c1-8-11(6-9(15)7-12(8)21(16,18)19)17-5-4-10-2-3-13(14)20-10/h2-3,6-7,17H,4-5,15H2,1H3,(H2,16,18,19). The van der Waals surface area contributed by atoms with Gasteiger partial charge in [-0.3, -0.25) is 0 Å². The van der Waals surface area contributed by atoms with Crippen LogP contribution >= 0.6 is 27.3 Å². The van der Waals surface area contributed by atoms with Gasteiger partial charge in [-0.25, -0.2) is 13.6 Å². The van der Waals surface area contributed by atoms with Crippen molar-refractivity contribution in [3.8, 4) is 0 Å². The summed E-state index contributed by atoms with van der Waals surface area (Å²) in [5.41, 5.74) is 7.39. The van der Waals surface area contributed by atoms with E-state index in [1.807, 2.05) is 6.07 Å². The molecule has 0 radical (unpaired) electrons. The van der Waals surface area contributed by atoms with E-state index in [4.69, 9.17) is 10.9 Å². The predicted molar refractivity (Wildman–Crippen MR) is 91.2 cm³/mol. The summed E-state index contributed by atoms with van der Waals surface area (Å²) < 4.78 is 24.2. The van der Waals surface area contributed by atoms with E-state index in [0.717, 1.165) is 10.2 Å². The van der Waals surface area contributed by atoms with E-state index in [2.05, 4.69) is 27.3 Å². The Hall–Kier alpha value is -1.09. The highest BCUT2D eigenvalue weighted by Crippen LogP contribution is 2.26. The molecule has 0 fully saturated rings. The first-order chi connectivity index (χ1) is 9.77. The van der Waals surface area contributed by atoms with E-state index >= 15 is 0 Å². The van der Waals surface area contributed by atoms with Gasteiger partial charge in [0.05, 0.1) is 8.68 Å². The molecule has 1 aromatic heterocycles. The van der Waals surface area contributed by atoms with Gasteiger partial charge in [0, 0.05) is 22.8 Å². The Labute approximate surface area is 136 Å². The van der Waals surface area contributed by atoms with Crippen molar-refractivity contribution in [2.75, 3.05) is 17.6 Å². The highest BCUT2D eigenvalue weighted by Gasteiger charge is 2.15. The number of benzene rings is 1. The zero-order valence-corrected chi connectivity index (χ0v) is 14.6. The molecule has 0 bridgehead atoms. The topological polar surface area (TPSA) is 98.2 Å².